The minimum atomic E-state index is -0.593. The van der Waals surface area contributed by atoms with Crippen LogP contribution in [0.1, 0.15) is 10.4 Å². The van der Waals surface area contributed by atoms with E-state index in [1.54, 1.807) is 60.7 Å². The average molecular weight is 411 g/mol. The monoisotopic (exact) mass is 410 g/mol. The lowest BCUT2D eigenvalue weighted by molar-refractivity contribution is 0.0735. The standard InChI is InChI=1S/C22H12Cl2O4/c23-14-7-5-13(6-8-14)18-12-27-20-11-15(9-10-17(20)21(18)25)28-22(26)16-3-1-2-4-19(16)24/h1-12H. The zero-order valence-corrected chi connectivity index (χ0v) is 15.8. The molecule has 138 valence electrons. The molecule has 6 heteroatoms. The molecular weight excluding hydrogens is 399 g/mol. The second-order valence-electron chi connectivity index (χ2n) is 6.01. The molecule has 0 aliphatic rings. The van der Waals surface area contributed by atoms with Crippen molar-refractivity contribution in [2.75, 3.05) is 0 Å². The van der Waals surface area contributed by atoms with Crippen LogP contribution in [0.5, 0.6) is 5.75 Å². The first-order valence-corrected chi connectivity index (χ1v) is 9.07. The second-order valence-corrected chi connectivity index (χ2v) is 6.86. The lowest BCUT2D eigenvalue weighted by atomic mass is 10.1. The Morgan fingerprint density at radius 3 is 2.43 bits per heavy atom. The molecule has 1 aromatic heterocycles. The predicted molar refractivity (Wildman–Crippen MR) is 109 cm³/mol. The van der Waals surface area contributed by atoms with E-state index in [0.29, 0.717) is 32.1 Å². The highest BCUT2D eigenvalue weighted by Gasteiger charge is 2.14. The van der Waals surface area contributed by atoms with Gasteiger partial charge in [-0.1, -0.05) is 47.5 Å². The lowest BCUT2D eigenvalue weighted by Gasteiger charge is -2.07. The van der Waals surface area contributed by atoms with Crippen LogP contribution in [0.4, 0.5) is 0 Å². The third-order valence-corrected chi connectivity index (χ3v) is 4.79. The number of benzene rings is 3. The first kappa shape index (κ1) is 18.3. The Balaban J connectivity index is 1.68. The van der Waals surface area contributed by atoms with Crippen molar-refractivity contribution in [1.29, 1.82) is 0 Å². The SMILES string of the molecule is O=C(Oc1ccc2c(=O)c(-c3ccc(Cl)cc3)coc2c1)c1ccccc1Cl. The highest BCUT2D eigenvalue weighted by Crippen LogP contribution is 2.25. The van der Waals surface area contributed by atoms with Crippen molar-refractivity contribution >= 4 is 40.1 Å². The van der Waals surface area contributed by atoms with Gasteiger partial charge in [-0.05, 0) is 42.0 Å². The van der Waals surface area contributed by atoms with Crippen LogP contribution >= 0.6 is 23.2 Å². The fourth-order valence-electron chi connectivity index (χ4n) is 2.79. The highest BCUT2D eigenvalue weighted by atomic mass is 35.5. The number of hydrogen-bond donors (Lipinski definition) is 0. The van der Waals surface area contributed by atoms with E-state index in [4.69, 9.17) is 32.4 Å². The number of ether oxygens (including phenoxy) is 1. The number of fused-ring (bicyclic) bond motifs is 1. The number of esters is 1. The summed E-state index contributed by atoms with van der Waals surface area (Å²) in [5, 5.41) is 1.26. The minimum Gasteiger partial charge on any atom is -0.463 e. The van der Waals surface area contributed by atoms with Crippen LogP contribution in [0, 0.1) is 0 Å². The van der Waals surface area contributed by atoms with Crippen LogP contribution in [0.15, 0.2) is 82.2 Å². The largest absolute Gasteiger partial charge is 0.463 e. The van der Waals surface area contributed by atoms with Gasteiger partial charge in [-0.25, -0.2) is 4.79 Å². The molecule has 0 atom stereocenters. The molecule has 0 spiro atoms. The van der Waals surface area contributed by atoms with E-state index in [1.165, 1.54) is 12.3 Å². The molecule has 0 N–H and O–H groups in total. The molecule has 4 aromatic rings. The summed E-state index contributed by atoms with van der Waals surface area (Å²) in [6.07, 6.45) is 1.38. The van der Waals surface area contributed by atoms with Gasteiger partial charge in [0.25, 0.3) is 0 Å². The smallest absolute Gasteiger partial charge is 0.345 e. The first-order valence-electron chi connectivity index (χ1n) is 8.31. The van der Waals surface area contributed by atoms with Crippen LogP contribution < -0.4 is 10.2 Å². The third-order valence-electron chi connectivity index (χ3n) is 4.21. The fraction of sp³-hybridized carbons (Fsp3) is 0. The Morgan fingerprint density at radius 1 is 0.929 bits per heavy atom. The van der Waals surface area contributed by atoms with Crippen LogP contribution in [0.25, 0.3) is 22.1 Å². The maximum absolute atomic E-state index is 12.8. The van der Waals surface area contributed by atoms with Crippen molar-refractivity contribution < 1.29 is 13.9 Å². The Labute approximate surface area is 169 Å². The number of rotatable bonds is 3. The summed E-state index contributed by atoms with van der Waals surface area (Å²) < 4.78 is 11.0. The summed E-state index contributed by atoms with van der Waals surface area (Å²) in [7, 11) is 0. The molecule has 0 fully saturated rings. The molecule has 0 amide bonds. The Bertz CT molecular complexity index is 1240. The molecule has 0 radical (unpaired) electrons. The number of hydrogen-bond acceptors (Lipinski definition) is 4. The maximum Gasteiger partial charge on any atom is 0.345 e. The quantitative estimate of drug-likeness (QED) is 0.307. The maximum atomic E-state index is 12.8. The van der Waals surface area contributed by atoms with Crippen LogP contribution in [-0.4, -0.2) is 5.97 Å². The zero-order chi connectivity index (χ0) is 19.7. The lowest BCUT2D eigenvalue weighted by Crippen LogP contribution is -2.09. The molecule has 0 aliphatic carbocycles. The average Bonchev–Trinajstić information content (AvgIpc) is 2.69. The normalized spacial score (nSPS) is 10.8. The minimum absolute atomic E-state index is 0.187. The van der Waals surface area contributed by atoms with Gasteiger partial charge in [0.2, 0.25) is 0 Å². The summed E-state index contributed by atoms with van der Waals surface area (Å²) in [5.41, 5.74) is 1.50. The topological polar surface area (TPSA) is 56.5 Å². The van der Waals surface area contributed by atoms with Crippen molar-refractivity contribution in [2.45, 2.75) is 0 Å². The predicted octanol–water partition coefficient (Wildman–Crippen LogP) is 5.99. The molecule has 4 rings (SSSR count). The van der Waals surface area contributed by atoms with Crippen LogP contribution in [0.2, 0.25) is 10.0 Å². The molecule has 28 heavy (non-hydrogen) atoms. The van der Waals surface area contributed by atoms with E-state index >= 15 is 0 Å². The molecule has 0 saturated carbocycles. The molecular formula is C22H12Cl2O4. The van der Waals surface area contributed by atoms with Crippen LogP contribution in [0.3, 0.4) is 0 Å². The number of carbonyl (C=O) groups is 1. The summed E-state index contributed by atoms with van der Waals surface area (Å²) in [5.74, 6) is -0.343. The molecule has 1 heterocycles. The Hall–Kier alpha value is -3.08. The van der Waals surface area contributed by atoms with Gasteiger partial charge in [-0.3, -0.25) is 4.79 Å². The van der Waals surface area contributed by atoms with Gasteiger partial charge in [0.1, 0.15) is 17.6 Å². The Morgan fingerprint density at radius 2 is 1.68 bits per heavy atom. The van der Waals surface area contributed by atoms with Crippen molar-refractivity contribution in [2.24, 2.45) is 0 Å². The van der Waals surface area contributed by atoms with E-state index in [-0.39, 0.29) is 16.7 Å². The van der Waals surface area contributed by atoms with Gasteiger partial charge in [0.05, 0.1) is 21.5 Å². The van der Waals surface area contributed by atoms with Gasteiger partial charge < -0.3 is 9.15 Å². The van der Waals surface area contributed by atoms with Gasteiger partial charge >= 0.3 is 5.97 Å². The summed E-state index contributed by atoms with van der Waals surface area (Å²) >= 11 is 11.9. The highest BCUT2D eigenvalue weighted by molar-refractivity contribution is 6.33. The zero-order valence-electron chi connectivity index (χ0n) is 14.3. The van der Waals surface area contributed by atoms with E-state index in [0.717, 1.165) is 0 Å². The van der Waals surface area contributed by atoms with Crippen molar-refractivity contribution in [3.63, 3.8) is 0 Å². The van der Waals surface area contributed by atoms with E-state index in [2.05, 4.69) is 0 Å². The summed E-state index contributed by atoms with van der Waals surface area (Å²) in [4.78, 5) is 25.1. The van der Waals surface area contributed by atoms with E-state index < -0.39 is 5.97 Å². The fourth-order valence-corrected chi connectivity index (χ4v) is 3.13. The molecule has 3 aromatic carbocycles. The second kappa shape index (κ2) is 7.50. The number of halogens is 2. The van der Waals surface area contributed by atoms with Crippen molar-refractivity contribution in [3.05, 3.63) is 98.8 Å². The van der Waals surface area contributed by atoms with Gasteiger partial charge in [0, 0.05) is 11.1 Å². The van der Waals surface area contributed by atoms with Crippen LogP contribution in [-0.2, 0) is 0 Å². The van der Waals surface area contributed by atoms with E-state index in [1.807, 2.05) is 0 Å². The molecule has 0 bridgehead atoms. The van der Waals surface area contributed by atoms with E-state index in [9.17, 15) is 9.59 Å². The molecule has 0 saturated heterocycles. The summed E-state index contributed by atoms with van der Waals surface area (Å²) in [6, 6.07) is 18.1. The molecule has 0 aliphatic heterocycles. The third kappa shape index (κ3) is 3.52. The van der Waals surface area contributed by atoms with Gasteiger partial charge in [-0.15, -0.1) is 0 Å². The van der Waals surface area contributed by atoms with Gasteiger partial charge in [-0.2, -0.15) is 0 Å². The molecule has 0 unspecified atom stereocenters. The molecule has 4 nitrogen and oxygen atoms in total. The number of carbonyl (C=O) groups excluding carboxylic acids is 1. The van der Waals surface area contributed by atoms with Gasteiger partial charge in [0.15, 0.2) is 5.43 Å². The van der Waals surface area contributed by atoms with Crippen molar-refractivity contribution in [1.82, 2.24) is 0 Å². The summed E-state index contributed by atoms with van der Waals surface area (Å²) in [6.45, 7) is 0. The van der Waals surface area contributed by atoms with Crippen molar-refractivity contribution in [3.8, 4) is 16.9 Å². The first-order chi connectivity index (χ1) is 13.5. The Kier molecular flexibility index (Phi) is 4.90.